The van der Waals surface area contributed by atoms with E-state index in [0.717, 1.165) is 37.7 Å². The summed E-state index contributed by atoms with van der Waals surface area (Å²) in [5.74, 6) is -0.0430. The largest absolute Gasteiger partial charge is 0.348 e. The molecule has 2 atom stereocenters. The van der Waals surface area contributed by atoms with Crippen LogP contribution < -0.4 is 11.1 Å². The number of hydrogen-bond donors (Lipinski definition) is 2. The second kappa shape index (κ2) is 5.52. The van der Waals surface area contributed by atoms with Crippen LogP contribution in [-0.4, -0.2) is 21.7 Å². The first kappa shape index (κ1) is 13.1. The minimum absolute atomic E-state index is 0.0430. The SMILES string of the molecule is CCC[C@@H](N)C(=O)NC1CCCc2c1cnn2C. The van der Waals surface area contributed by atoms with Crippen molar-refractivity contribution in [1.82, 2.24) is 15.1 Å². The molecule has 5 heteroatoms. The summed E-state index contributed by atoms with van der Waals surface area (Å²) < 4.78 is 1.90. The van der Waals surface area contributed by atoms with E-state index in [0.29, 0.717) is 0 Å². The predicted octanol–water partition coefficient (Wildman–Crippen LogP) is 1.04. The Balaban J connectivity index is 2.05. The molecule has 0 aliphatic heterocycles. The van der Waals surface area contributed by atoms with Gasteiger partial charge in [-0.05, 0) is 25.7 Å². The first-order chi connectivity index (χ1) is 8.63. The fourth-order valence-electron chi connectivity index (χ4n) is 2.58. The summed E-state index contributed by atoms with van der Waals surface area (Å²) >= 11 is 0. The summed E-state index contributed by atoms with van der Waals surface area (Å²) in [6, 6.07) is -0.310. The van der Waals surface area contributed by atoms with E-state index in [2.05, 4.69) is 10.4 Å². The second-order valence-electron chi connectivity index (χ2n) is 5.02. The Morgan fingerprint density at radius 2 is 2.50 bits per heavy atom. The number of rotatable bonds is 4. The lowest BCUT2D eigenvalue weighted by Crippen LogP contribution is -2.42. The molecule has 1 aromatic rings. The minimum atomic E-state index is -0.392. The van der Waals surface area contributed by atoms with Gasteiger partial charge in [0.2, 0.25) is 5.91 Å². The number of hydrogen-bond acceptors (Lipinski definition) is 3. The van der Waals surface area contributed by atoms with Gasteiger partial charge < -0.3 is 11.1 Å². The van der Waals surface area contributed by atoms with Gasteiger partial charge in [-0.3, -0.25) is 9.48 Å². The molecule has 0 aromatic carbocycles. The lowest BCUT2D eigenvalue weighted by molar-refractivity contribution is -0.123. The molecular formula is C13H22N4O. The summed E-state index contributed by atoms with van der Waals surface area (Å²) in [6.07, 6.45) is 6.63. The van der Waals surface area contributed by atoms with E-state index in [9.17, 15) is 4.79 Å². The van der Waals surface area contributed by atoms with Gasteiger partial charge in [-0.15, -0.1) is 0 Å². The smallest absolute Gasteiger partial charge is 0.237 e. The van der Waals surface area contributed by atoms with Crippen molar-refractivity contribution >= 4 is 5.91 Å². The number of fused-ring (bicyclic) bond motifs is 1. The number of carbonyl (C=O) groups is 1. The Morgan fingerprint density at radius 3 is 3.22 bits per heavy atom. The first-order valence-corrected chi connectivity index (χ1v) is 6.70. The molecule has 1 aliphatic rings. The van der Waals surface area contributed by atoms with Crippen LogP contribution in [-0.2, 0) is 18.3 Å². The van der Waals surface area contributed by atoms with Crippen LogP contribution >= 0.6 is 0 Å². The standard InChI is InChI=1S/C13H22N4O/c1-3-5-10(14)13(18)16-11-6-4-7-12-9(11)8-15-17(12)2/h8,10-11H,3-7,14H2,1-2H3,(H,16,18)/t10-,11?/m1/s1. The average Bonchev–Trinajstić information content (AvgIpc) is 2.73. The van der Waals surface area contributed by atoms with Crippen LogP contribution in [0, 0.1) is 0 Å². The van der Waals surface area contributed by atoms with Gasteiger partial charge in [0.1, 0.15) is 0 Å². The van der Waals surface area contributed by atoms with Gasteiger partial charge in [0.15, 0.2) is 0 Å². The molecule has 0 saturated heterocycles. The summed E-state index contributed by atoms with van der Waals surface area (Å²) in [6.45, 7) is 2.03. The van der Waals surface area contributed by atoms with Gasteiger partial charge in [0, 0.05) is 18.3 Å². The zero-order valence-electron chi connectivity index (χ0n) is 11.1. The van der Waals surface area contributed by atoms with Crippen LogP contribution in [0.15, 0.2) is 6.20 Å². The molecule has 0 radical (unpaired) electrons. The minimum Gasteiger partial charge on any atom is -0.348 e. The lowest BCUT2D eigenvalue weighted by atomic mass is 9.92. The Hall–Kier alpha value is -1.36. The average molecular weight is 250 g/mol. The van der Waals surface area contributed by atoms with E-state index >= 15 is 0 Å². The number of carbonyl (C=O) groups excluding carboxylic acids is 1. The molecule has 100 valence electrons. The molecule has 0 spiro atoms. The molecule has 0 fully saturated rings. The topological polar surface area (TPSA) is 72.9 Å². The van der Waals surface area contributed by atoms with Crippen LogP contribution in [0.1, 0.15) is 49.9 Å². The molecule has 0 bridgehead atoms. The molecule has 18 heavy (non-hydrogen) atoms. The number of nitrogens with two attached hydrogens (primary N) is 1. The third-order valence-electron chi connectivity index (χ3n) is 3.63. The van der Waals surface area contributed by atoms with E-state index < -0.39 is 6.04 Å². The summed E-state index contributed by atoms with van der Waals surface area (Å²) in [5.41, 5.74) is 8.22. The van der Waals surface area contributed by atoms with Gasteiger partial charge in [0.25, 0.3) is 0 Å². The molecular weight excluding hydrogens is 228 g/mol. The van der Waals surface area contributed by atoms with Gasteiger partial charge >= 0.3 is 0 Å². The molecule has 3 N–H and O–H groups in total. The van der Waals surface area contributed by atoms with E-state index in [1.165, 1.54) is 5.69 Å². The van der Waals surface area contributed by atoms with Crippen molar-refractivity contribution in [2.75, 3.05) is 0 Å². The maximum Gasteiger partial charge on any atom is 0.237 e. The van der Waals surface area contributed by atoms with Crippen LogP contribution in [0.3, 0.4) is 0 Å². The first-order valence-electron chi connectivity index (χ1n) is 6.70. The van der Waals surface area contributed by atoms with E-state index in [1.807, 2.05) is 24.9 Å². The monoisotopic (exact) mass is 250 g/mol. The van der Waals surface area contributed by atoms with Crippen molar-refractivity contribution in [1.29, 1.82) is 0 Å². The van der Waals surface area contributed by atoms with Crippen molar-refractivity contribution in [3.8, 4) is 0 Å². The highest BCUT2D eigenvalue weighted by molar-refractivity contribution is 5.81. The summed E-state index contributed by atoms with van der Waals surface area (Å²) in [7, 11) is 1.95. The van der Waals surface area contributed by atoms with Gasteiger partial charge in [-0.25, -0.2) is 0 Å². The van der Waals surface area contributed by atoms with Crippen LogP contribution in [0.2, 0.25) is 0 Å². The van der Waals surface area contributed by atoms with Crippen molar-refractivity contribution in [2.24, 2.45) is 12.8 Å². The van der Waals surface area contributed by atoms with Gasteiger partial charge in [0.05, 0.1) is 18.3 Å². The van der Waals surface area contributed by atoms with E-state index in [1.54, 1.807) is 0 Å². The van der Waals surface area contributed by atoms with E-state index in [4.69, 9.17) is 5.73 Å². The Labute approximate surface area is 108 Å². The number of nitrogens with zero attached hydrogens (tertiary/aromatic N) is 2. The number of amides is 1. The van der Waals surface area contributed by atoms with E-state index in [-0.39, 0.29) is 11.9 Å². The summed E-state index contributed by atoms with van der Waals surface area (Å²) in [4.78, 5) is 12.0. The van der Waals surface area contributed by atoms with Gasteiger partial charge in [-0.1, -0.05) is 13.3 Å². The second-order valence-corrected chi connectivity index (χ2v) is 5.02. The van der Waals surface area contributed by atoms with Crippen molar-refractivity contribution in [2.45, 2.75) is 51.1 Å². The van der Waals surface area contributed by atoms with Crippen molar-refractivity contribution < 1.29 is 4.79 Å². The lowest BCUT2D eigenvalue weighted by Gasteiger charge is -2.25. The third kappa shape index (κ3) is 2.56. The molecule has 1 amide bonds. The maximum absolute atomic E-state index is 12.0. The molecule has 1 heterocycles. The van der Waals surface area contributed by atoms with Crippen LogP contribution in [0.4, 0.5) is 0 Å². The molecule has 5 nitrogen and oxygen atoms in total. The number of nitrogens with one attached hydrogen (secondary N) is 1. The highest BCUT2D eigenvalue weighted by atomic mass is 16.2. The maximum atomic E-state index is 12.0. The third-order valence-corrected chi connectivity index (χ3v) is 3.63. The van der Waals surface area contributed by atoms with Crippen molar-refractivity contribution in [3.63, 3.8) is 0 Å². The number of aryl methyl sites for hydroxylation is 1. The van der Waals surface area contributed by atoms with Crippen LogP contribution in [0.25, 0.3) is 0 Å². The molecule has 1 unspecified atom stereocenters. The van der Waals surface area contributed by atoms with Crippen LogP contribution in [0.5, 0.6) is 0 Å². The number of aromatic nitrogens is 2. The Bertz CT molecular complexity index is 427. The zero-order valence-corrected chi connectivity index (χ0v) is 11.1. The molecule has 2 rings (SSSR count). The predicted molar refractivity (Wildman–Crippen MR) is 69.9 cm³/mol. The molecule has 1 aliphatic carbocycles. The Morgan fingerprint density at radius 1 is 1.72 bits per heavy atom. The normalized spacial score (nSPS) is 20.3. The quantitative estimate of drug-likeness (QED) is 0.838. The highest BCUT2D eigenvalue weighted by Crippen LogP contribution is 2.29. The fraction of sp³-hybridized carbons (Fsp3) is 0.692. The zero-order chi connectivity index (χ0) is 13.1. The molecule has 0 saturated carbocycles. The fourth-order valence-corrected chi connectivity index (χ4v) is 2.58. The van der Waals surface area contributed by atoms with Gasteiger partial charge in [-0.2, -0.15) is 5.10 Å². The summed E-state index contributed by atoms with van der Waals surface area (Å²) in [5, 5.41) is 7.33. The van der Waals surface area contributed by atoms with Crippen molar-refractivity contribution in [3.05, 3.63) is 17.5 Å². The Kier molecular flexibility index (Phi) is 4.01. The highest BCUT2D eigenvalue weighted by Gasteiger charge is 2.26. The molecule has 1 aromatic heterocycles.